The molecule has 0 radical (unpaired) electrons. The second-order valence-electron chi connectivity index (χ2n) is 4.16. The zero-order valence-corrected chi connectivity index (χ0v) is 11.7. The predicted molar refractivity (Wildman–Crippen MR) is 80.1 cm³/mol. The topological polar surface area (TPSA) is 102 Å². The van der Waals surface area contributed by atoms with Crippen molar-refractivity contribution in [3.63, 3.8) is 0 Å². The Bertz CT molecular complexity index is 685. The third kappa shape index (κ3) is 3.75. The van der Waals surface area contributed by atoms with Crippen LogP contribution in [0.5, 0.6) is 5.75 Å². The molecule has 0 saturated heterocycles. The second kappa shape index (κ2) is 6.47. The van der Waals surface area contributed by atoms with E-state index in [0.717, 1.165) is 0 Å². The van der Waals surface area contributed by atoms with Crippen molar-refractivity contribution < 1.29 is 9.53 Å². The number of benzene rings is 1. The number of rotatable bonds is 4. The molecule has 2 rings (SSSR count). The Kier molecular flexibility index (Phi) is 4.45. The highest BCUT2D eigenvalue weighted by atomic mass is 16.5. The smallest absolute Gasteiger partial charge is 0.222 e. The third-order valence-corrected chi connectivity index (χ3v) is 2.54. The molecule has 2 aromatic rings. The normalized spacial score (nSPS) is 10.6. The van der Waals surface area contributed by atoms with E-state index in [2.05, 4.69) is 20.5 Å². The predicted octanol–water partition coefficient (Wildman–Crippen LogP) is 3.05. The first-order valence-electron chi connectivity index (χ1n) is 6.19. The van der Waals surface area contributed by atoms with Crippen molar-refractivity contribution in [2.45, 2.75) is 6.92 Å². The molecule has 0 aliphatic rings. The van der Waals surface area contributed by atoms with Gasteiger partial charge in [0.05, 0.1) is 7.11 Å². The Morgan fingerprint density at radius 3 is 2.62 bits per heavy atom. The minimum Gasteiger partial charge on any atom is -0.494 e. The summed E-state index contributed by atoms with van der Waals surface area (Å²) in [6, 6.07) is 10.4. The van der Waals surface area contributed by atoms with Gasteiger partial charge in [0.1, 0.15) is 22.9 Å². The summed E-state index contributed by atoms with van der Waals surface area (Å²) in [5.41, 5.74) is 6.58. The zero-order valence-electron chi connectivity index (χ0n) is 11.7. The van der Waals surface area contributed by atoms with Gasteiger partial charge in [-0.2, -0.15) is 0 Å². The van der Waals surface area contributed by atoms with Crippen LogP contribution in [0.3, 0.4) is 0 Å². The van der Waals surface area contributed by atoms with Gasteiger partial charge in [0.15, 0.2) is 5.82 Å². The quantitative estimate of drug-likeness (QED) is 0.843. The fraction of sp³-hybridized carbons (Fsp3) is 0.143. The van der Waals surface area contributed by atoms with Gasteiger partial charge in [-0.15, -0.1) is 10.2 Å². The molecule has 1 aromatic carbocycles. The highest BCUT2D eigenvalue weighted by Gasteiger charge is 2.07. The first-order chi connectivity index (χ1) is 10.1. The number of azo groups is 1. The van der Waals surface area contributed by atoms with Crippen LogP contribution >= 0.6 is 0 Å². The number of carbonyl (C=O) groups excluding carboxylic acids is 1. The van der Waals surface area contributed by atoms with Gasteiger partial charge in [-0.3, -0.25) is 4.79 Å². The molecule has 0 bridgehead atoms. The van der Waals surface area contributed by atoms with Crippen LogP contribution in [-0.4, -0.2) is 18.0 Å². The molecule has 7 heteroatoms. The largest absolute Gasteiger partial charge is 0.494 e. The number of aromatic nitrogens is 1. The van der Waals surface area contributed by atoms with Crippen molar-refractivity contribution in [1.82, 2.24) is 4.98 Å². The molecule has 7 nitrogen and oxygen atoms in total. The Morgan fingerprint density at radius 1 is 1.19 bits per heavy atom. The average Bonchev–Trinajstić information content (AvgIpc) is 2.46. The van der Waals surface area contributed by atoms with Crippen LogP contribution in [0.1, 0.15) is 6.92 Å². The van der Waals surface area contributed by atoms with E-state index >= 15 is 0 Å². The summed E-state index contributed by atoms with van der Waals surface area (Å²) in [7, 11) is 1.56. The van der Waals surface area contributed by atoms with E-state index in [0.29, 0.717) is 17.1 Å². The van der Waals surface area contributed by atoms with Crippen LogP contribution in [0.2, 0.25) is 0 Å². The number of amides is 1. The van der Waals surface area contributed by atoms with Crippen molar-refractivity contribution in [2.24, 2.45) is 10.2 Å². The first-order valence-corrected chi connectivity index (χ1v) is 6.19. The molecule has 1 aromatic heterocycles. The monoisotopic (exact) mass is 285 g/mol. The Labute approximate surface area is 121 Å². The number of ether oxygens (including phenoxy) is 1. The maximum atomic E-state index is 11.2. The second-order valence-corrected chi connectivity index (χ2v) is 4.16. The first kappa shape index (κ1) is 14.4. The molecule has 108 valence electrons. The molecular weight excluding hydrogens is 270 g/mol. The molecule has 1 amide bonds. The number of pyridine rings is 1. The summed E-state index contributed by atoms with van der Waals surface area (Å²) in [6.07, 6.45) is 0. The summed E-state index contributed by atoms with van der Waals surface area (Å²) in [6.45, 7) is 1.38. The number of nitrogens with one attached hydrogen (secondary N) is 1. The fourth-order valence-electron chi connectivity index (χ4n) is 1.63. The van der Waals surface area contributed by atoms with Crippen molar-refractivity contribution in [3.05, 3.63) is 36.4 Å². The molecule has 0 saturated carbocycles. The Hall–Kier alpha value is -2.96. The minimum absolute atomic E-state index is 0.262. The molecule has 0 fully saturated rings. The minimum atomic E-state index is -0.262. The van der Waals surface area contributed by atoms with E-state index in [-0.39, 0.29) is 17.5 Å². The molecule has 0 aliphatic carbocycles. The third-order valence-electron chi connectivity index (χ3n) is 2.54. The van der Waals surface area contributed by atoms with Gasteiger partial charge >= 0.3 is 0 Å². The van der Waals surface area contributed by atoms with Crippen molar-refractivity contribution in [3.8, 4) is 5.75 Å². The summed E-state index contributed by atoms with van der Waals surface area (Å²) in [5, 5.41) is 10.8. The lowest BCUT2D eigenvalue weighted by Gasteiger charge is -2.06. The van der Waals surface area contributed by atoms with Crippen LogP contribution in [-0.2, 0) is 4.79 Å². The van der Waals surface area contributed by atoms with Gasteiger partial charge < -0.3 is 15.8 Å². The summed E-state index contributed by atoms with van der Waals surface area (Å²) in [5.74, 6) is 0.892. The zero-order chi connectivity index (χ0) is 15.2. The lowest BCUT2D eigenvalue weighted by Crippen LogP contribution is -2.08. The number of nitrogens with zero attached hydrogens (tertiary/aromatic N) is 3. The molecule has 1 heterocycles. The van der Waals surface area contributed by atoms with E-state index in [9.17, 15) is 4.79 Å². The number of hydrogen-bond acceptors (Lipinski definition) is 6. The molecule has 0 unspecified atom stereocenters. The number of nitrogen functional groups attached to an aromatic ring is 1. The van der Waals surface area contributed by atoms with Gasteiger partial charge in [0.2, 0.25) is 5.91 Å². The van der Waals surface area contributed by atoms with Crippen LogP contribution in [0.4, 0.5) is 23.0 Å². The molecule has 3 N–H and O–H groups in total. The summed E-state index contributed by atoms with van der Waals surface area (Å²) >= 11 is 0. The molecule has 0 spiro atoms. The molecule has 0 aliphatic heterocycles. The Balaban J connectivity index is 2.34. The summed E-state index contributed by atoms with van der Waals surface area (Å²) < 4.78 is 5.19. The van der Waals surface area contributed by atoms with Gasteiger partial charge in [0.25, 0.3) is 0 Å². The van der Waals surface area contributed by atoms with Crippen LogP contribution < -0.4 is 15.8 Å². The SMILES string of the molecule is COc1ccccc1N=Nc1ccc(N)nc1NC(C)=O. The molecule has 21 heavy (non-hydrogen) atoms. The standard InChI is InChI=1S/C14H15N5O2/c1-9(20)16-14-11(7-8-13(15)17-14)19-18-10-5-3-4-6-12(10)21-2/h3-8H,1-2H3,(H3,15,16,17,20). The highest BCUT2D eigenvalue weighted by Crippen LogP contribution is 2.30. The number of para-hydroxylation sites is 1. The van der Waals surface area contributed by atoms with E-state index in [4.69, 9.17) is 10.5 Å². The highest BCUT2D eigenvalue weighted by molar-refractivity contribution is 5.90. The van der Waals surface area contributed by atoms with E-state index in [1.54, 1.807) is 31.4 Å². The van der Waals surface area contributed by atoms with Crippen LogP contribution in [0.25, 0.3) is 0 Å². The molecular formula is C14H15N5O2. The van der Waals surface area contributed by atoms with E-state index in [1.807, 2.05) is 12.1 Å². The van der Waals surface area contributed by atoms with Gasteiger partial charge in [0, 0.05) is 6.92 Å². The van der Waals surface area contributed by atoms with Crippen LogP contribution in [0, 0.1) is 0 Å². The molecule has 0 atom stereocenters. The number of nitrogens with two attached hydrogens (primary N) is 1. The lowest BCUT2D eigenvalue weighted by atomic mass is 10.3. The van der Waals surface area contributed by atoms with Gasteiger partial charge in [-0.05, 0) is 24.3 Å². The van der Waals surface area contributed by atoms with Crippen molar-refractivity contribution in [2.75, 3.05) is 18.2 Å². The lowest BCUT2D eigenvalue weighted by molar-refractivity contribution is -0.114. The van der Waals surface area contributed by atoms with E-state index in [1.165, 1.54) is 6.92 Å². The maximum Gasteiger partial charge on any atom is 0.222 e. The van der Waals surface area contributed by atoms with Gasteiger partial charge in [-0.25, -0.2) is 4.98 Å². The maximum absolute atomic E-state index is 11.2. The number of methoxy groups -OCH3 is 1. The van der Waals surface area contributed by atoms with Gasteiger partial charge in [-0.1, -0.05) is 12.1 Å². The number of hydrogen-bond donors (Lipinski definition) is 2. The van der Waals surface area contributed by atoms with Crippen molar-refractivity contribution >= 4 is 28.9 Å². The average molecular weight is 285 g/mol. The van der Waals surface area contributed by atoms with Crippen molar-refractivity contribution in [1.29, 1.82) is 0 Å². The number of carbonyl (C=O) groups is 1. The fourth-order valence-corrected chi connectivity index (χ4v) is 1.63. The van der Waals surface area contributed by atoms with Crippen LogP contribution in [0.15, 0.2) is 46.6 Å². The Morgan fingerprint density at radius 2 is 1.90 bits per heavy atom. The number of anilines is 2. The van der Waals surface area contributed by atoms with E-state index < -0.39 is 0 Å². The summed E-state index contributed by atoms with van der Waals surface area (Å²) in [4.78, 5) is 15.2.